The topological polar surface area (TPSA) is 90.6 Å². The van der Waals surface area contributed by atoms with Gasteiger partial charge in [-0.2, -0.15) is 4.98 Å². The van der Waals surface area contributed by atoms with Gasteiger partial charge in [0.15, 0.2) is 11.5 Å². The van der Waals surface area contributed by atoms with Crippen molar-refractivity contribution in [3.8, 4) is 22.9 Å². The van der Waals surface area contributed by atoms with Gasteiger partial charge in [0.05, 0.1) is 5.75 Å². The quantitative estimate of drug-likeness (QED) is 0.576. The van der Waals surface area contributed by atoms with Crippen molar-refractivity contribution in [2.75, 3.05) is 25.6 Å². The zero-order valence-corrected chi connectivity index (χ0v) is 17.0. The second kappa shape index (κ2) is 8.35. The Hall–Kier alpha value is -3.07. The average Bonchev–Trinajstić information content (AvgIpc) is 3.47. The van der Waals surface area contributed by atoms with Crippen molar-refractivity contribution in [3.05, 3.63) is 48.6 Å². The molecule has 2 aromatic heterocycles. The van der Waals surface area contributed by atoms with Crippen LogP contribution in [0.2, 0.25) is 0 Å². The molecule has 5 rings (SSSR count). The first-order valence-corrected chi connectivity index (χ1v) is 10.8. The smallest absolute Gasteiger partial charge is 0.232 e. The number of nitrogens with zero attached hydrogens (tertiary/aromatic N) is 4. The lowest BCUT2D eigenvalue weighted by Gasteiger charge is -2.30. The van der Waals surface area contributed by atoms with Gasteiger partial charge in [-0.25, -0.2) is 0 Å². The SMILES string of the molecule is O=C(CSc1ccncc1)N1CCC(c2nc(-c3ccc4c(c3)OCO4)no2)CC1. The van der Waals surface area contributed by atoms with Crippen molar-refractivity contribution in [2.45, 2.75) is 23.7 Å². The van der Waals surface area contributed by atoms with Gasteiger partial charge >= 0.3 is 0 Å². The third kappa shape index (κ3) is 3.97. The molecule has 9 heteroatoms. The van der Waals surface area contributed by atoms with Crippen molar-refractivity contribution < 1.29 is 18.8 Å². The Morgan fingerprint density at radius 2 is 1.90 bits per heavy atom. The maximum atomic E-state index is 12.5. The maximum Gasteiger partial charge on any atom is 0.232 e. The molecule has 0 N–H and O–H groups in total. The number of carbonyl (C=O) groups excluding carboxylic acids is 1. The molecule has 2 aliphatic rings. The number of hydrogen-bond acceptors (Lipinski definition) is 8. The summed E-state index contributed by atoms with van der Waals surface area (Å²) >= 11 is 1.54. The summed E-state index contributed by atoms with van der Waals surface area (Å²) in [6, 6.07) is 9.43. The number of fused-ring (bicyclic) bond motifs is 1. The van der Waals surface area contributed by atoms with E-state index in [1.807, 2.05) is 35.2 Å². The Kier molecular flexibility index (Phi) is 5.27. The van der Waals surface area contributed by atoms with E-state index in [4.69, 9.17) is 14.0 Å². The molecule has 1 fully saturated rings. The van der Waals surface area contributed by atoms with Crippen LogP contribution in [0.3, 0.4) is 0 Å². The number of carbonyl (C=O) groups is 1. The van der Waals surface area contributed by atoms with Gasteiger partial charge in [0.25, 0.3) is 0 Å². The number of amides is 1. The van der Waals surface area contributed by atoms with Gasteiger partial charge in [-0.3, -0.25) is 9.78 Å². The Morgan fingerprint density at radius 3 is 2.73 bits per heavy atom. The van der Waals surface area contributed by atoms with Crippen LogP contribution in [0, 0.1) is 0 Å². The molecule has 1 aromatic carbocycles. The van der Waals surface area contributed by atoms with Gasteiger partial charge in [-0.15, -0.1) is 11.8 Å². The lowest BCUT2D eigenvalue weighted by atomic mass is 9.97. The lowest BCUT2D eigenvalue weighted by molar-refractivity contribution is -0.129. The lowest BCUT2D eigenvalue weighted by Crippen LogP contribution is -2.39. The number of likely N-dealkylation sites (tertiary alicyclic amines) is 1. The monoisotopic (exact) mass is 424 g/mol. The predicted octanol–water partition coefficient (Wildman–Crippen LogP) is 3.36. The predicted molar refractivity (Wildman–Crippen MR) is 109 cm³/mol. The van der Waals surface area contributed by atoms with Gasteiger partial charge in [-0.1, -0.05) is 5.16 Å². The van der Waals surface area contributed by atoms with Crippen LogP contribution < -0.4 is 9.47 Å². The molecule has 154 valence electrons. The van der Waals surface area contributed by atoms with Crippen molar-refractivity contribution >= 4 is 17.7 Å². The van der Waals surface area contributed by atoms with Gasteiger partial charge < -0.3 is 18.9 Å². The number of hydrogen-bond donors (Lipinski definition) is 0. The third-order valence-corrected chi connectivity index (χ3v) is 6.28. The minimum atomic E-state index is 0.154. The van der Waals surface area contributed by atoms with Crippen LogP contribution in [-0.2, 0) is 4.79 Å². The molecule has 30 heavy (non-hydrogen) atoms. The fraction of sp³-hybridized carbons (Fsp3) is 0.333. The van der Waals surface area contributed by atoms with Crippen molar-refractivity contribution in [1.29, 1.82) is 0 Å². The second-order valence-electron chi connectivity index (χ2n) is 7.15. The van der Waals surface area contributed by atoms with Gasteiger partial charge in [-0.05, 0) is 43.2 Å². The van der Waals surface area contributed by atoms with E-state index in [0.29, 0.717) is 36.3 Å². The normalized spacial score (nSPS) is 16.1. The molecule has 1 saturated heterocycles. The molecular formula is C21H20N4O4S. The number of thioether (sulfide) groups is 1. The molecule has 0 atom stereocenters. The minimum absolute atomic E-state index is 0.154. The van der Waals surface area contributed by atoms with E-state index in [2.05, 4.69) is 15.1 Å². The molecule has 0 bridgehead atoms. The van der Waals surface area contributed by atoms with E-state index < -0.39 is 0 Å². The van der Waals surface area contributed by atoms with Crippen LogP contribution in [0.5, 0.6) is 11.5 Å². The summed E-state index contributed by atoms with van der Waals surface area (Å²) in [6.07, 6.45) is 5.10. The molecule has 8 nitrogen and oxygen atoms in total. The minimum Gasteiger partial charge on any atom is -0.454 e. The summed E-state index contributed by atoms with van der Waals surface area (Å²) in [5, 5.41) is 4.13. The number of aromatic nitrogens is 3. The van der Waals surface area contributed by atoms with Crippen molar-refractivity contribution in [2.24, 2.45) is 0 Å². The van der Waals surface area contributed by atoms with Crippen LogP contribution in [0.15, 0.2) is 52.1 Å². The molecule has 1 amide bonds. The first-order chi connectivity index (χ1) is 14.8. The molecule has 3 aromatic rings. The maximum absolute atomic E-state index is 12.5. The number of pyridine rings is 1. The zero-order chi connectivity index (χ0) is 20.3. The fourth-order valence-corrected chi connectivity index (χ4v) is 4.39. The summed E-state index contributed by atoms with van der Waals surface area (Å²) in [7, 11) is 0. The highest BCUT2D eigenvalue weighted by atomic mass is 32.2. The van der Waals surface area contributed by atoms with Gasteiger partial charge in [0, 0.05) is 41.9 Å². The highest BCUT2D eigenvalue weighted by Gasteiger charge is 2.28. The third-order valence-electron chi connectivity index (χ3n) is 5.28. The Labute approximate surface area is 177 Å². The van der Waals surface area contributed by atoms with E-state index in [1.165, 1.54) is 11.8 Å². The fourth-order valence-electron chi connectivity index (χ4n) is 3.60. The molecule has 0 spiro atoms. The second-order valence-corrected chi connectivity index (χ2v) is 8.20. The zero-order valence-electron chi connectivity index (χ0n) is 16.2. The summed E-state index contributed by atoms with van der Waals surface area (Å²) in [6.45, 7) is 1.62. The Bertz CT molecular complexity index is 1030. The van der Waals surface area contributed by atoms with Crippen LogP contribution in [-0.4, -0.2) is 51.6 Å². The number of benzene rings is 1. The number of rotatable bonds is 5. The van der Waals surface area contributed by atoms with Crippen molar-refractivity contribution in [3.63, 3.8) is 0 Å². The first-order valence-electron chi connectivity index (χ1n) is 9.80. The highest BCUT2D eigenvalue weighted by Crippen LogP contribution is 2.36. The van der Waals surface area contributed by atoms with Crippen LogP contribution >= 0.6 is 11.8 Å². The summed E-state index contributed by atoms with van der Waals surface area (Å²) < 4.78 is 16.3. The molecule has 2 aliphatic heterocycles. The van der Waals surface area contributed by atoms with E-state index in [0.717, 1.165) is 29.1 Å². The molecule has 0 aliphatic carbocycles. The standard InChI is InChI=1S/C21H20N4O4S/c26-19(12-30-16-3-7-22-8-4-16)25-9-5-14(6-10-25)21-23-20(24-29-21)15-1-2-17-18(11-15)28-13-27-17/h1-4,7-8,11,14H,5-6,9-10,12-13H2. The molecule has 0 radical (unpaired) electrons. The van der Waals surface area contributed by atoms with Crippen LogP contribution in [0.25, 0.3) is 11.4 Å². The van der Waals surface area contributed by atoms with E-state index >= 15 is 0 Å². The summed E-state index contributed by atoms with van der Waals surface area (Å²) in [5.41, 5.74) is 0.829. The average molecular weight is 424 g/mol. The van der Waals surface area contributed by atoms with Gasteiger partial charge in [0.2, 0.25) is 24.4 Å². The van der Waals surface area contributed by atoms with E-state index in [-0.39, 0.29) is 18.6 Å². The molecule has 0 unspecified atom stereocenters. The van der Waals surface area contributed by atoms with Crippen LogP contribution in [0.1, 0.15) is 24.7 Å². The van der Waals surface area contributed by atoms with E-state index in [1.54, 1.807) is 12.4 Å². The highest BCUT2D eigenvalue weighted by molar-refractivity contribution is 8.00. The Morgan fingerprint density at radius 1 is 1.10 bits per heavy atom. The van der Waals surface area contributed by atoms with Crippen molar-refractivity contribution in [1.82, 2.24) is 20.0 Å². The largest absolute Gasteiger partial charge is 0.454 e. The summed E-state index contributed by atoms with van der Waals surface area (Å²) in [4.78, 5) is 24.1. The summed E-state index contributed by atoms with van der Waals surface area (Å²) in [5.74, 6) is 3.33. The number of piperidine rings is 1. The molecule has 0 saturated carbocycles. The first kappa shape index (κ1) is 18.9. The number of ether oxygens (including phenoxy) is 2. The van der Waals surface area contributed by atoms with Crippen LogP contribution in [0.4, 0.5) is 0 Å². The Balaban J connectivity index is 1.17. The molecular weight excluding hydrogens is 404 g/mol. The molecule has 4 heterocycles. The van der Waals surface area contributed by atoms with Gasteiger partial charge in [0.1, 0.15) is 0 Å². The van der Waals surface area contributed by atoms with E-state index in [9.17, 15) is 4.79 Å².